The number of nitrogens with two attached hydrogens (primary N) is 1. The van der Waals surface area contributed by atoms with Crippen molar-refractivity contribution in [1.29, 1.82) is 0 Å². The van der Waals surface area contributed by atoms with E-state index in [4.69, 9.17) is 10.7 Å². The van der Waals surface area contributed by atoms with Gasteiger partial charge in [-0.05, 0) is 37.3 Å². The average molecular weight is 359 g/mol. The summed E-state index contributed by atoms with van der Waals surface area (Å²) in [6, 6.07) is 7.51. The fourth-order valence-electron chi connectivity index (χ4n) is 3.64. The zero-order valence-electron chi connectivity index (χ0n) is 14.9. The number of aromatic nitrogens is 2. The lowest BCUT2D eigenvalue weighted by molar-refractivity contribution is -0.117. The molecule has 2 aromatic rings. The van der Waals surface area contributed by atoms with E-state index in [0.29, 0.717) is 27.9 Å². The van der Waals surface area contributed by atoms with Crippen molar-refractivity contribution in [2.24, 2.45) is 17.6 Å². The van der Waals surface area contributed by atoms with E-state index in [2.05, 4.69) is 13.8 Å². The summed E-state index contributed by atoms with van der Waals surface area (Å²) in [5.74, 6) is 0.546. The largest absolute Gasteiger partial charge is 0.369 e. The summed E-state index contributed by atoms with van der Waals surface area (Å²) in [5.41, 5.74) is 6.09. The summed E-state index contributed by atoms with van der Waals surface area (Å²) in [6.07, 6.45) is 3.25. The quantitative estimate of drug-likeness (QED) is 0.671. The van der Waals surface area contributed by atoms with Crippen molar-refractivity contribution in [3.63, 3.8) is 0 Å². The molecule has 2 N–H and O–H groups in total. The predicted molar refractivity (Wildman–Crippen MR) is 102 cm³/mol. The highest BCUT2D eigenvalue weighted by Gasteiger charge is 2.32. The molecule has 1 aromatic carbocycles. The molecule has 3 rings (SSSR count). The first-order chi connectivity index (χ1) is 11.9. The van der Waals surface area contributed by atoms with Gasteiger partial charge < -0.3 is 5.73 Å². The first-order valence-corrected chi connectivity index (χ1v) is 9.75. The van der Waals surface area contributed by atoms with Crippen LogP contribution >= 0.6 is 11.8 Å². The first kappa shape index (κ1) is 18.0. The fourth-order valence-corrected chi connectivity index (χ4v) is 4.55. The Morgan fingerprint density at radius 3 is 2.76 bits per heavy atom. The number of thioether (sulfide) groups is 1. The number of hydrogen-bond donors (Lipinski definition) is 1. The van der Waals surface area contributed by atoms with Gasteiger partial charge in [-0.25, -0.2) is 4.98 Å². The fraction of sp³-hybridized carbons (Fsp3) is 0.526. The summed E-state index contributed by atoms with van der Waals surface area (Å²) < 4.78 is 1.83. The van der Waals surface area contributed by atoms with Crippen molar-refractivity contribution in [2.75, 3.05) is 0 Å². The molecule has 1 saturated carbocycles. The molecule has 0 unspecified atom stereocenters. The average Bonchev–Trinajstić information content (AvgIpc) is 2.58. The summed E-state index contributed by atoms with van der Waals surface area (Å²) >= 11 is 1.28. The number of fused-ring (bicyclic) bond motifs is 1. The number of carbonyl (C=O) groups excluding carboxylic acids is 1. The number of primary amides is 1. The lowest BCUT2D eigenvalue weighted by Crippen LogP contribution is -2.36. The van der Waals surface area contributed by atoms with Crippen molar-refractivity contribution in [3.8, 4) is 0 Å². The highest BCUT2D eigenvalue weighted by atomic mass is 32.2. The second-order valence-electron chi connectivity index (χ2n) is 7.08. The zero-order chi connectivity index (χ0) is 18.1. The van der Waals surface area contributed by atoms with E-state index < -0.39 is 11.2 Å². The van der Waals surface area contributed by atoms with Gasteiger partial charge in [-0.1, -0.05) is 50.6 Å². The Kier molecular flexibility index (Phi) is 5.18. The van der Waals surface area contributed by atoms with E-state index in [9.17, 15) is 9.59 Å². The van der Waals surface area contributed by atoms with Crippen LogP contribution in [-0.2, 0) is 4.79 Å². The van der Waals surface area contributed by atoms with Crippen LogP contribution in [0.1, 0.15) is 46.1 Å². The van der Waals surface area contributed by atoms with E-state index in [1.54, 1.807) is 6.92 Å². The molecule has 134 valence electrons. The molecule has 1 aromatic heterocycles. The van der Waals surface area contributed by atoms with Gasteiger partial charge in [0.1, 0.15) is 0 Å². The second kappa shape index (κ2) is 7.20. The third-order valence-electron chi connectivity index (χ3n) is 5.45. The van der Waals surface area contributed by atoms with Crippen LogP contribution in [0.25, 0.3) is 10.9 Å². The van der Waals surface area contributed by atoms with Crippen LogP contribution in [0.2, 0.25) is 0 Å². The van der Waals surface area contributed by atoms with Gasteiger partial charge >= 0.3 is 0 Å². The molecule has 0 bridgehead atoms. The van der Waals surface area contributed by atoms with E-state index in [0.717, 1.165) is 12.8 Å². The zero-order valence-corrected chi connectivity index (χ0v) is 15.8. The molecule has 0 saturated heterocycles. The Morgan fingerprint density at radius 1 is 1.32 bits per heavy atom. The van der Waals surface area contributed by atoms with Crippen LogP contribution in [-0.4, -0.2) is 20.7 Å². The standard InChI is InChI=1S/C19H25N3O2S/c1-11-7-6-10-16(12(11)2)22-18(24)14-8-4-5-9-15(14)21-19(22)25-13(3)17(20)23/h4-5,8-9,11-13,16H,6-7,10H2,1-3H3,(H2,20,23)/t11-,12-,13+,16-/m1/s1. The highest BCUT2D eigenvalue weighted by Crippen LogP contribution is 2.39. The van der Waals surface area contributed by atoms with Crippen LogP contribution in [0.15, 0.2) is 34.2 Å². The molecule has 6 heteroatoms. The topological polar surface area (TPSA) is 78.0 Å². The number of para-hydroxylation sites is 1. The van der Waals surface area contributed by atoms with Crippen molar-refractivity contribution < 1.29 is 4.79 Å². The molecule has 0 spiro atoms. The number of amides is 1. The second-order valence-corrected chi connectivity index (χ2v) is 8.39. The summed E-state index contributed by atoms with van der Waals surface area (Å²) in [6.45, 7) is 6.21. The maximum absolute atomic E-state index is 13.2. The minimum Gasteiger partial charge on any atom is -0.369 e. The molecule has 1 aliphatic carbocycles. The van der Waals surface area contributed by atoms with E-state index >= 15 is 0 Å². The molecule has 1 aliphatic rings. The van der Waals surface area contributed by atoms with Gasteiger partial charge in [0.2, 0.25) is 5.91 Å². The van der Waals surface area contributed by atoms with E-state index in [1.807, 2.05) is 28.8 Å². The normalized spacial score (nSPS) is 25.0. The van der Waals surface area contributed by atoms with E-state index in [-0.39, 0.29) is 11.6 Å². The Labute approximate surface area is 152 Å². The Balaban J connectivity index is 2.18. The SMILES string of the molecule is C[C@@H]1[C@H](C)CCC[C@H]1n1c(S[C@@H](C)C(N)=O)nc2ccccc2c1=O. The molecular formula is C19H25N3O2S. The Hall–Kier alpha value is -1.82. The van der Waals surface area contributed by atoms with Crippen LogP contribution < -0.4 is 11.3 Å². The Morgan fingerprint density at radius 2 is 2.04 bits per heavy atom. The lowest BCUT2D eigenvalue weighted by atomic mass is 9.78. The number of carbonyl (C=O) groups is 1. The van der Waals surface area contributed by atoms with Crippen molar-refractivity contribution in [3.05, 3.63) is 34.6 Å². The van der Waals surface area contributed by atoms with Crippen LogP contribution in [0.3, 0.4) is 0 Å². The van der Waals surface area contributed by atoms with Gasteiger partial charge in [0, 0.05) is 6.04 Å². The molecule has 1 amide bonds. The molecule has 4 atom stereocenters. The van der Waals surface area contributed by atoms with Crippen LogP contribution in [0.4, 0.5) is 0 Å². The minimum atomic E-state index is -0.435. The molecule has 0 aliphatic heterocycles. The molecular weight excluding hydrogens is 334 g/mol. The van der Waals surface area contributed by atoms with Gasteiger partial charge in [-0.2, -0.15) is 0 Å². The molecule has 0 radical (unpaired) electrons. The van der Waals surface area contributed by atoms with E-state index in [1.165, 1.54) is 18.2 Å². The maximum atomic E-state index is 13.2. The minimum absolute atomic E-state index is 0.0179. The molecule has 25 heavy (non-hydrogen) atoms. The number of rotatable bonds is 4. The van der Waals surface area contributed by atoms with Gasteiger partial charge in [0.05, 0.1) is 16.2 Å². The summed E-state index contributed by atoms with van der Waals surface area (Å²) in [5, 5.41) is 0.792. The van der Waals surface area contributed by atoms with Gasteiger partial charge in [-0.15, -0.1) is 0 Å². The molecule has 1 heterocycles. The van der Waals surface area contributed by atoms with Gasteiger partial charge in [0.25, 0.3) is 5.56 Å². The number of benzene rings is 1. The monoisotopic (exact) mass is 359 g/mol. The van der Waals surface area contributed by atoms with Crippen molar-refractivity contribution in [2.45, 2.75) is 56.5 Å². The third-order valence-corrected chi connectivity index (χ3v) is 6.54. The highest BCUT2D eigenvalue weighted by molar-refractivity contribution is 8.00. The van der Waals surface area contributed by atoms with Crippen LogP contribution in [0.5, 0.6) is 0 Å². The summed E-state index contributed by atoms with van der Waals surface area (Å²) in [4.78, 5) is 29.5. The number of hydrogen-bond acceptors (Lipinski definition) is 4. The predicted octanol–water partition coefficient (Wildman–Crippen LogP) is 3.36. The molecule has 5 nitrogen and oxygen atoms in total. The smallest absolute Gasteiger partial charge is 0.262 e. The number of nitrogens with zero attached hydrogens (tertiary/aromatic N) is 2. The third kappa shape index (κ3) is 3.45. The van der Waals surface area contributed by atoms with Gasteiger partial charge in [0.15, 0.2) is 5.16 Å². The van der Waals surface area contributed by atoms with Crippen molar-refractivity contribution >= 4 is 28.6 Å². The first-order valence-electron chi connectivity index (χ1n) is 8.87. The van der Waals surface area contributed by atoms with Gasteiger partial charge in [-0.3, -0.25) is 14.2 Å². The molecule has 1 fully saturated rings. The van der Waals surface area contributed by atoms with Crippen LogP contribution in [0, 0.1) is 11.8 Å². The lowest BCUT2D eigenvalue weighted by Gasteiger charge is -2.36. The van der Waals surface area contributed by atoms with Crippen molar-refractivity contribution in [1.82, 2.24) is 9.55 Å². The summed E-state index contributed by atoms with van der Waals surface area (Å²) in [7, 11) is 0. The Bertz CT molecular complexity index is 848. The maximum Gasteiger partial charge on any atom is 0.262 e.